The number of rotatable bonds is 9. The van der Waals surface area contributed by atoms with Crippen LogP contribution in [0.1, 0.15) is 28.2 Å². The molecule has 0 radical (unpaired) electrons. The van der Waals surface area contributed by atoms with E-state index in [1.807, 2.05) is 12.3 Å². The Morgan fingerprint density at radius 2 is 1.64 bits per heavy atom. The summed E-state index contributed by atoms with van der Waals surface area (Å²) in [4.78, 5) is 9.21. The van der Waals surface area contributed by atoms with E-state index in [-0.39, 0.29) is 0 Å². The zero-order chi connectivity index (χ0) is 19.9. The minimum atomic E-state index is 0.811. The van der Waals surface area contributed by atoms with Crippen LogP contribution in [0.4, 0.5) is 0 Å². The molecule has 5 heteroatoms. The van der Waals surface area contributed by atoms with Gasteiger partial charge in [0.2, 0.25) is 0 Å². The summed E-state index contributed by atoms with van der Waals surface area (Å²) in [5.41, 5.74) is 6.07. The molecule has 28 heavy (non-hydrogen) atoms. The zero-order valence-electron chi connectivity index (χ0n) is 17.5. The first-order valence-electron chi connectivity index (χ1n) is 9.86. The van der Waals surface area contributed by atoms with Crippen LogP contribution >= 0.6 is 0 Å². The molecule has 0 N–H and O–H groups in total. The maximum Gasteiger partial charge on any atom is 0.0662 e. The number of hydrogen-bond acceptors (Lipinski definition) is 4. The van der Waals surface area contributed by atoms with Gasteiger partial charge in [-0.25, -0.2) is 0 Å². The summed E-state index contributed by atoms with van der Waals surface area (Å²) >= 11 is 0. The minimum absolute atomic E-state index is 0.811. The quantitative estimate of drug-likeness (QED) is 0.572. The van der Waals surface area contributed by atoms with Crippen LogP contribution in [0.3, 0.4) is 0 Å². The van der Waals surface area contributed by atoms with Crippen LogP contribution in [0.25, 0.3) is 0 Å². The molecular formula is C23H31N5. The van der Waals surface area contributed by atoms with Crippen LogP contribution in [-0.2, 0) is 19.6 Å². The van der Waals surface area contributed by atoms with Crippen LogP contribution < -0.4 is 0 Å². The van der Waals surface area contributed by atoms with Gasteiger partial charge in [-0.3, -0.25) is 14.6 Å². The Morgan fingerprint density at radius 3 is 2.32 bits per heavy atom. The molecule has 1 aromatic carbocycles. The zero-order valence-corrected chi connectivity index (χ0v) is 17.5. The van der Waals surface area contributed by atoms with Crippen molar-refractivity contribution in [1.29, 1.82) is 0 Å². The maximum absolute atomic E-state index is 4.82. The third-order valence-corrected chi connectivity index (χ3v) is 5.06. The fraction of sp³-hybridized carbons (Fsp3) is 0.391. The Balaban J connectivity index is 1.77. The molecule has 2 aromatic heterocycles. The van der Waals surface area contributed by atoms with Crippen molar-refractivity contribution in [2.75, 3.05) is 27.2 Å². The monoisotopic (exact) mass is 377 g/mol. The second kappa shape index (κ2) is 9.62. The van der Waals surface area contributed by atoms with Gasteiger partial charge in [-0.05, 0) is 45.6 Å². The number of nitrogens with zero attached hydrogens (tertiary/aromatic N) is 5. The van der Waals surface area contributed by atoms with Crippen molar-refractivity contribution in [2.45, 2.75) is 33.5 Å². The molecule has 0 aliphatic carbocycles. The normalized spacial score (nSPS) is 11.5. The predicted molar refractivity (Wildman–Crippen MR) is 114 cm³/mol. The van der Waals surface area contributed by atoms with E-state index in [1.54, 1.807) is 0 Å². The lowest BCUT2D eigenvalue weighted by atomic mass is 10.1. The highest BCUT2D eigenvalue weighted by molar-refractivity contribution is 5.26. The van der Waals surface area contributed by atoms with E-state index in [0.717, 1.165) is 44.1 Å². The highest BCUT2D eigenvalue weighted by atomic mass is 15.3. The second-order valence-corrected chi connectivity index (χ2v) is 7.63. The van der Waals surface area contributed by atoms with Gasteiger partial charge >= 0.3 is 0 Å². The fourth-order valence-electron chi connectivity index (χ4n) is 3.37. The van der Waals surface area contributed by atoms with Gasteiger partial charge in [0.15, 0.2) is 0 Å². The van der Waals surface area contributed by atoms with Crippen LogP contribution in [0.15, 0.2) is 54.7 Å². The Hall–Kier alpha value is -2.50. The first-order valence-corrected chi connectivity index (χ1v) is 9.86. The Morgan fingerprint density at radius 1 is 0.893 bits per heavy atom. The first kappa shape index (κ1) is 20.2. The predicted octanol–water partition coefficient (Wildman–Crippen LogP) is 3.51. The molecule has 0 amide bonds. The van der Waals surface area contributed by atoms with Gasteiger partial charge in [0.1, 0.15) is 0 Å². The average Bonchev–Trinajstić information content (AvgIpc) is 2.95. The van der Waals surface area contributed by atoms with Crippen molar-refractivity contribution >= 4 is 0 Å². The lowest BCUT2D eigenvalue weighted by Gasteiger charge is -2.24. The number of benzene rings is 1. The van der Waals surface area contributed by atoms with Gasteiger partial charge in [-0.2, -0.15) is 5.10 Å². The van der Waals surface area contributed by atoms with Gasteiger partial charge < -0.3 is 4.90 Å². The molecule has 3 rings (SSSR count). The fourth-order valence-corrected chi connectivity index (χ4v) is 3.37. The van der Waals surface area contributed by atoms with Crippen LogP contribution in [-0.4, -0.2) is 51.7 Å². The van der Waals surface area contributed by atoms with E-state index in [0.29, 0.717) is 0 Å². The molecule has 0 spiro atoms. The van der Waals surface area contributed by atoms with E-state index in [1.165, 1.54) is 16.8 Å². The summed E-state index contributed by atoms with van der Waals surface area (Å²) in [6.07, 6.45) is 1.87. The molecule has 5 nitrogen and oxygen atoms in total. The SMILES string of the molecule is Cc1nn(Cc2ccccc2)c(C)c1CN(CCN(C)C)Cc1ccccn1. The maximum atomic E-state index is 4.82. The Bertz CT molecular complexity index is 855. The molecule has 0 aliphatic heterocycles. The molecule has 3 aromatic rings. The van der Waals surface area contributed by atoms with Gasteiger partial charge in [0.05, 0.1) is 17.9 Å². The minimum Gasteiger partial charge on any atom is -0.308 e. The van der Waals surface area contributed by atoms with Gasteiger partial charge in [-0.15, -0.1) is 0 Å². The topological polar surface area (TPSA) is 37.2 Å². The van der Waals surface area contributed by atoms with Gasteiger partial charge in [0, 0.05) is 43.6 Å². The third-order valence-electron chi connectivity index (χ3n) is 5.06. The van der Waals surface area contributed by atoms with Crippen molar-refractivity contribution in [2.24, 2.45) is 0 Å². The van der Waals surface area contributed by atoms with Crippen LogP contribution in [0.2, 0.25) is 0 Å². The molecule has 0 aliphatic rings. The first-order chi connectivity index (χ1) is 13.5. The van der Waals surface area contributed by atoms with E-state index in [9.17, 15) is 0 Å². The summed E-state index contributed by atoms with van der Waals surface area (Å²) < 4.78 is 2.13. The number of aromatic nitrogens is 3. The smallest absolute Gasteiger partial charge is 0.0662 e. The summed E-state index contributed by atoms with van der Waals surface area (Å²) in [5, 5.41) is 4.82. The highest BCUT2D eigenvalue weighted by Gasteiger charge is 2.16. The highest BCUT2D eigenvalue weighted by Crippen LogP contribution is 2.18. The van der Waals surface area contributed by atoms with Crippen LogP contribution in [0, 0.1) is 13.8 Å². The van der Waals surface area contributed by atoms with Gasteiger partial charge in [0.25, 0.3) is 0 Å². The molecule has 2 heterocycles. The van der Waals surface area contributed by atoms with Crippen LogP contribution in [0.5, 0.6) is 0 Å². The summed E-state index contributed by atoms with van der Waals surface area (Å²) in [6, 6.07) is 16.6. The van der Waals surface area contributed by atoms with Crippen molar-refractivity contribution < 1.29 is 0 Å². The number of pyridine rings is 1. The summed E-state index contributed by atoms with van der Waals surface area (Å²) in [5.74, 6) is 0. The lowest BCUT2D eigenvalue weighted by Crippen LogP contribution is -2.31. The molecule has 0 fully saturated rings. The van der Waals surface area contributed by atoms with E-state index in [2.05, 4.69) is 89.9 Å². The molecule has 0 saturated heterocycles. The average molecular weight is 378 g/mol. The van der Waals surface area contributed by atoms with E-state index >= 15 is 0 Å². The van der Waals surface area contributed by atoms with Crippen molar-refractivity contribution in [3.05, 3.63) is 82.9 Å². The van der Waals surface area contributed by atoms with Crippen molar-refractivity contribution in [3.8, 4) is 0 Å². The van der Waals surface area contributed by atoms with E-state index in [4.69, 9.17) is 5.10 Å². The van der Waals surface area contributed by atoms with E-state index < -0.39 is 0 Å². The molecule has 0 saturated carbocycles. The standard InChI is InChI=1S/C23H31N5/c1-19-23(20(2)28(25-19)16-21-10-6-5-7-11-21)18-27(15-14-26(3)4)17-22-12-8-9-13-24-22/h5-13H,14-18H2,1-4H3. The second-order valence-electron chi connectivity index (χ2n) is 7.63. The Kier molecular flexibility index (Phi) is 6.95. The molecule has 0 unspecified atom stereocenters. The number of hydrogen-bond donors (Lipinski definition) is 0. The molecule has 0 bridgehead atoms. The van der Waals surface area contributed by atoms with Crippen molar-refractivity contribution in [1.82, 2.24) is 24.6 Å². The Labute approximate surface area is 168 Å². The molecule has 148 valence electrons. The molecular weight excluding hydrogens is 346 g/mol. The van der Waals surface area contributed by atoms with Crippen molar-refractivity contribution in [3.63, 3.8) is 0 Å². The summed E-state index contributed by atoms with van der Waals surface area (Å²) in [7, 11) is 4.24. The third kappa shape index (κ3) is 5.50. The largest absolute Gasteiger partial charge is 0.308 e. The van der Waals surface area contributed by atoms with Gasteiger partial charge in [-0.1, -0.05) is 36.4 Å². The lowest BCUT2D eigenvalue weighted by molar-refractivity contribution is 0.223. The molecule has 0 atom stereocenters. The number of likely N-dealkylation sites (N-methyl/N-ethyl adjacent to an activating group) is 1. The number of aryl methyl sites for hydroxylation is 1. The summed E-state index contributed by atoms with van der Waals surface area (Å²) in [6.45, 7) is 8.85.